The SMILES string of the molecule is CC1CCN(S(=O)(=O)c2cc(-c3nnc(C(=O)N4CCCC4)o3)cs2)CC1. The zero-order valence-corrected chi connectivity index (χ0v) is 16.8. The molecule has 0 atom stereocenters. The highest BCUT2D eigenvalue weighted by molar-refractivity contribution is 7.91. The second-order valence-corrected chi connectivity index (χ2v) is 10.2. The van der Waals surface area contributed by atoms with E-state index < -0.39 is 10.0 Å². The van der Waals surface area contributed by atoms with Crippen LogP contribution in [0.5, 0.6) is 0 Å². The fraction of sp³-hybridized carbons (Fsp3) is 0.588. The molecule has 0 saturated carbocycles. The Bertz CT molecular complexity index is 922. The molecule has 1 amide bonds. The van der Waals surface area contributed by atoms with Crippen LogP contribution in [0.15, 0.2) is 20.1 Å². The number of nitrogens with zero attached hydrogens (tertiary/aromatic N) is 4. The Morgan fingerprint density at radius 3 is 2.59 bits per heavy atom. The molecule has 0 aliphatic carbocycles. The molecule has 10 heteroatoms. The summed E-state index contributed by atoms with van der Waals surface area (Å²) < 4.78 is 33.0. The summed E-state index contributed by atoms with van der Waals surface area (Å²) in [6, 6.07) is 1.55. The number of rotatable bonds is 4. The quantitative estimate of drug-likeness (QED) is 0.768. The highest BCUT2D eigenvalue weighted by Crippen LogP contribution is 2.31. The number of aromatic nitrogens is 2. The third-order valence-electron chi connectivity index (χ3n) is 5.16. The van der Waals surface area contributed by atoms with E-state index in [1.54, 1.807) is 20.7 Å². The van der Waals surface area contributed by atoms with Crippen molar-refractivity contribution in [3.63, 3.8) is 0 Å². The molecule has 2 aliphatic heterocycles. The molecule has 0 unspecified atom stereocenters. The number of piperidine rings is 1. The Morgan fingerprint density at radius 1 is 1.19 bits per heavy atom. The van der Waals surface area contributed by atoms with Gasteiger partial charge < -0.3 is 9.32 Å². The van der Waals surface area contributed by atoms with Gasteiger partial charge in [0, 0.05) is 31.6 Å². The molecule has 0 bridgehead atoms. The molecule has 4 rings (SSSR count). The Morgan fingerprint density at radius 2 is 1.89 bits per heavy atom. The largest absolute Gasteiger partial charge is 0.412 e. The first-order valence-corrected chi connectivity index (χ1v) is 11.5. The second kappa shape index (κ2) is 7.33. The second-order valence-electron chi connectivity index (χ2n) is 7.15. The molecule has 27 heavy (non-hydrogen) atoms. The number of carbonyl (C=O) groups excluding carboxylic acids is 1. The molecule has 2 fully saturated rings. The summed E-state index contributed by atoms with van der Waals surface area (Å²) in [5, 5.41) is 9.45. The van der Waals surface area contributed by atoms with Crippen LogP contribution >= 0.6 is 11.3 Å². The molecule has 0 N–H and O–H groups in total. The first-order chi connectivity index (χ1) is 12.9. The molecule has 2 saturated heterocycles. The fourth-order valence-corrected chi connectivity index (χ4v) is 6.17. The van der Waals surface area contributed by atoms with Crippen LogP contribution in [0.25, 0.3) is 11.5 Å². The van der Waals surface area contributed by atoms with Crippen LogP contribution < -0.4 is 0 Å². The fourth-order valence-electron chi connectivity index (χ4n) is 3.40. The lowest BCUT2D eigenvalue weighted by Gasteiger charge is -2.28. The number of hydrogen-bond acceptors (Lipinski definition) is 7. The molecule has 0 aromatic carbocycles. The number of thiophene rings is 1. The van der Waals surface area contributed by atoms with Crippen molar-refractivity contribution < 1.29 is 17.6 Å². The van der Waals surface area contributed by atoms with Gasteiger partial charge in [-0.05, 0) is 37.7 Å². The minimum Gasteiger partial charge on any atom is -0.412 e. The number of carbonyl (C=O) groups is 1. The van der Waals surface area contributed by atoms with Crippen LogP contribution in [-0.4, -0.2) is 59.9 Å². The van der Waals surface area contributed by atoms with Gasteiger partial charge in [-0.25, -0.2) is 8.42 Å². The van der Waals surface area contributed by atoms with Crippen molar-refractivity contribution in [3.05, 3.63) is 17.3 Å². The minimum absolute atomic E-state index is 0.0486. The van der Waals surface area contributed by atoms with Crippen molar-refractivity contribution in [2.24, 2.45) is 5.92 Å². The van der Waals surface area contributed by atoms with Crippen LogP contribution in [0.1, 0.15) is 43.3 Å². The molecule has 8 nitrogen and oxygen atoms in total. The average molecular weight is 411 g/mol. The number of hydrogen-bond donors (Lipinski definition) is 0. The van der Waals surface area contributed by atoms with Crippen molar-refractivity contribution in [1.29, 1.82) is 0 Å². The third kappa shape index (κ3) is 3.65. The molecule has 0 radical (unpaired) electrons. The van der Waals surface area contributed by atoms with E-state index in [9.17, 15) is 13.2 Å². The number of amides is 1. The van der Waals surface area contributed by atoms with Crippen LogP contribution in [0.4, 0.5) is 0 Å². The van der Waals surface area contributed by atoms with Gasteiger partial charge in [0.2, 0.25) is 5.89 Å². The molecule has 146 valence electrons. The van der Waals surface area contributed by atoms with Crippen molar-refractivity contribution >= 4 is 27.3 Å². The van der Waals surface area contributed by atoms with E-state index in [4.69, 9.17) is 4.42 Å². The lowest BCUT2D eigenvalue weighted by Crippen LogP contribution is -2.37. The van der Waals surface area contributed by atoms with E-state index in [-0.39, 0.29) is 21.9 Å². The predicted molar refractivity (Wildman–Crippen MR) is 99.9 cm³/mol. The lowest BCUT2D eigenvalue weighted by molar-refractivity contribution is 0.0754. The first kappa shape index (κ1) is 18.6. The van der Waals surface area contributed by atoms with E-state index in [1.807, 2.05) is 0 Å². The van der Waals surface area contributed by atoms with Gasteiger partial charge in [0.15, 0.2) is 0 Å². The van der Waals surface area contributed by atoms with Gasteiger partial charge in [0.1, 0.15) is 4.21 Å². The van der Waals surface area contributed by atoms with Gasteiger partial charge in [0.05, 0.1) is 5.56 Å². The predicted octanol–water partition coefficient (Wildman–Crippen LogP) is 2.45. The maximum Gasteiger partial charge on any atom is 0.311 e. The zero-order chi connectivity index (χ0) is 19.0. The van der Waals surface area contributed by atoms with Crippen molar-refractivity contribution in [3.8, 4) is 11.5 Å². The van der Waals surface area contributed by atoms with Crippen molar-refractivity contribution in [2.75, 3.05) is 26.2 Å². The number of sulfonamides is 1. The monoisotopic (exact) mass is 410 g/mol. The maximum atomic E-state index is 12.8. The van der Waals surface area contributed by atoms with E-state index in [0.717, 1.165) is 37.0 Å². The highest BCUT2D eigenvalue weighted by Gasteiger charge is 2.30. The van der Waals surface area contributed by atoms with Gasteiger partial charge in [0.25, 0.3) is 10.0 Å². The van der Waals surface area contributed by atoms with Crippen LogP contribution in [0.3, 0.4) is 0 Å². The smallest absolute Gasteiger partial charge is 0.311 e. The van der Waals surface area contributed by atoms with Gasteiger partial charge >= 0.3 is 11.8 Å². The summed E-state index contributed by atoms with van der Waals surface area (Å²) in [4.78, 5) is 14.0. The standard InChI is InChI=1S/C17H22N4O4S2/c1-12-4-8-21(9-5-12)27(23,24)14-10-13(11-26-14)15-18-19-16(25-15)17(22)20-6-2-3-7-20/h10-12H,2-9H2,1H3. The van der Waals surface area contributed by atoms with E-state index in [1.165, 1.54) is 0 Å². The zero-order valence-electron chi connectivity index (χ0n) is 15.1. The lowest BCUT2D eigenvalue weighted by atomic mass is 10.0. The Kier molecular flexibility index (Phi) is 5.04. The normalized spacial score (nSPS) is 19.7. The van der Waals surface area contributed by atoms with Crippen molar-refractivity contribution in [2.45, 2.75) is 36.8 Å². The molecule has 2 aromatic rings. The van der Waals surface area contributed by atoms with Gasteiger partial charge in [-0.3, -0.25) is 4.79 Å². The maximum absolute atomic E-state index is 12.8. The summed E-state index contributed by atoms with van der Waals surface area (Å²) in [7, 11) is -3.51. The topological polar surface area (TPSA) is 96.6 Å². The third-order valence-corrected chi connectivity index (χ3v) is 8.47. The van der Waals surface area contributed by atoms with Crippen molar-refractivity contribution in [1.82, 2.24) is 19.4 Å². The Hall–Kier alpha value is -1.78. The van der Waals surface area contributed by atoms with E-state index in [2.05, 4.69) is 17.1 Å². The van der Waals surface area contributed by atoms with E-state index >= 15 is 0 Å². The van der Waals surface area contributed by atoms with Gasteiger partial charge in [-0.2, -0.15) is 4.31 Å². The molecular formula is C17H22N4O4S2. The summed E-state index contributed by atoms with van der Waals surface area (Å²) in [6.07, 6.45) is 3.72. The summed E-state index contributed by atoms with van der Waals surface area (Å²) in [6.45, 7) is 4.64. The molecular weight excluding hydrogens is 388 g/mol. The molecule has 0 spiro atoms. The highest BCUT2D eigenvalue weighted by atomic mass is 32.2. The van der Waals surface area contributed by atoms with Crippen LogP contribution in [-0.2, 0) is 10.0 Å². The number of likely N-dealkylation sites (tertiary alicyclic amines) is 1. The summed E-state index contributed by atoms with van der Waals surface area (Å²) in [5.74, 6) is 0.409. The van der Waals surface area contributed by atoms with Gasteiger partial charge in [-0.15, -0.1) is 21.5 Å². The minimum atomic E-state index is -3.51. The Labute approximate surface area is 162 Å². The Balaban J connectivity index is 1.52. The molecule has 4 heterocycles. The van der Waals surface area contributed by atoms with Gasteiger partial charge in [-0.1, -0.05) is 6.92 Å². The first-order valence-electron chi connectivity index (χ1n) is 9.17. The molecule has 2 aliphatic rings. The summed E-state index contributed by atoms with van der Waals surface area (Å²) >= 11 is 1.14. The summed E-state index contributed by atoms with van der Waals surface area (Å²) in [5.41, 5.74) is 0.525. The van der Waals surface area contributed by atoms with Crippen LogP contribution in [0.2, 0.25) is 0 Å². The average Bonchev–Trinajstić information content (AvgIpc) is 3.42. The van der Waals surface area contributed by atoms with E-state index in [0.29, 0.717) is 37.7 Å². The van der Waals surface area contributed by atoms with Crippen LogP contribution in [0, 0.1) is 5.92 Å². The molecule has 2 aromatic heterocycles.